The molecule has 2 unspecified atom stereocenters. The zero-order valence-corrected chi connectivity index (χ0v) is 12.1. The van der Waals surface area contributed by atoms with Gasteiger partial charge in [0.2, 0.25) is 5.91 Å². The normalized spacial score (nSPS) is 14.6. The van der Waals surface area contributed by atoms with Gasteiger partial charge in [0.05, 0.1) is 12.6 Å². The average molecular weight is 258 g/mol. The molecule has 2 N–H and O–H groups in total. The fraction of sp³-hybridized carbons (Fsp3) is 0.846. The summed E-state index contributed by atoms with van der Waals surface area (Å²) in [6.07, 6.45) is 1.94. The van der Waals surface area contributed by atoms with E-state index < -0.39 is 12.0 Å². The van der Waals surface area contributed by atoms with Gasteiger partial charge in [-0.05, 0) is 34.1 Å². The quantitative estimate of drug-likeness (QED) is 0.692. The monoisotopic (exact) mass is 258 g/mol. The molecule has 0 saturated heterocycles. The maximum atomic E-state index is 12.0. The van der Waals surface area contributed by atoms with Gasteiger partial charge >= 0.3 is 5.97 Å². The van der Waals surface area contributed by atoms with Gasteiger partial charge in [-0.3, -0.25) is 14.5 Å². The molecule has 0 radical (unpaired) electrons. The standard InChI is InChI=1S/C13H26N2O3/c1-6-7-10(4)14-13(18)11(5)15(9(2)3)8-12(16)17/h9-11H,6-8H2,1-5H3,(H,14,18)(H,16,17). The van der Waals surface area contributed by atoms with Crippen LogP contribution in [0, 0.1) is 0 Å². The van der Waals surface area contributed by atoms with Crippen molar-refractivity contribution >= 4 is 11.9 Å². The van der Waals surface area contributed by atoms with E-state index in [0.29, 0.717) is 0 Å². The second-order valence-electron chi connectivity index (χ2n) is 5.03. The minimum absolute atomic E-state index is 0.0170. The molecule has 0 aliphatic rings. The van der Waals surface area contributed by atoms with Crippen molar-refractivity contribution in [2.45, 2.75) is 65.6 Å². The number of carbonyl (C=O) groups excluding carboxylic acids is 1. The smallest absolute Gasteiger partial charge is 0.317 e. The van der Waals surface area contributed by atoms with Crippen LogP contribution in [0.1, 0.15) is 47.5 Å². The van der Waals surface area contributed by atoms with E-state index in [0.717, 1.165) is 12.8 Å². The molecule has 1 amide bonds. The zero-order chi connectivity index (χ0) is 14.3. The number of nitrogens with zero attached hydrogens (tertiary/aromatic N) is 1. The van der Waals surface area contributed by atoms with E-state index in [4.69, 9.17) is 5.11 Å². The summed E-state index contributed by atoms with van der Waals surface area (Å²) in [5.41, 5.74) is 0. The summed E-state index contributed by atoms with van der Waals surface area (Å²) in [4.78, 5) is 24.5. The van der Waals surface area contributed by atoms with Crippen molar-refractivity contribution in [2.24, 2.45) is 0 Å². The largest absolute Gasteiger partial charge is 0.480 e. The molecule has 0 aromatic rings. The second-order valence-corrected chi connectivity index (χ2v) is 5.03. The lowest BCUT2D eigenvalue weighted by Gasteiger charge is -2.31. The van der Waals surface area contributed by atoms with Gasteiger partial charge in [-0.25, -0.2) is 0 Å². The predicted molar refractivity (Wildman–Crippen MR) is 71.5 cm³/mol. The van der Waals surface area contributed by atoms with E-state index in [2.05, 4.69) is 12.2 Å². The van der Waals surface area contributed by atoms with Gasteiger partial charge in [0.25, 0.3) is 0 Å². The second kappa shape index (κ2) is 8.08. The summed E-state index contributed by atoms with van der Waals surface area (Å²) in [7, 11) is 0. The molecule has 0 saturated carbocycles. The van der Waals surface area contributed by atoms with Crippen molar-refractivity contribution in [2.75, 3.05) is 6.54 Å². The lowest BCUT2D eigenvalue weighted by molar-refractivity contribution is -0.140. The van der Waals surface area contributed by atoms with E-state index in [1.165, 1.54) is 0 Å². The molecule has 106 valence electrons. The number of carboxylic acid groups (broad SMARTS) is 1. The Morgan fingerprint density at radius 1 is 1.22 bits per heavy atom. The van der Waals surface area contributed by atoms with Crippen molar-refractivity contribution in [3.8, 4) is 0 Å². The third kappa shape index (κ3) is 6.00. The number of nitrogens with one attached hydrogen (secondary N) is 1. The Labute approximate surface area is 110 Å². The van der Waals surface area contributed by atoms with Crippen molar-refractivity contribution in [3.63, 3.8) is 0 Å². The molecule has 0 spiro atoms. The zero-order valence-electron chi connectivity index (χ0n) is 12.1. The number of carboxylic acids is 1. The summed E-state index contributed by atoms with van der Waals surface area (Å²) in [6.45, 7) is 9.44. The van der Waals surface area contributed by atoms with Crippen LogP contribution in [0.25, 0.3) is 0 Å². The summed E-state index contributed by atoms with van der Waals surface area (Å²) >= 11 is 0. The molecule has 18 heavy (non-hydrogen) atoms. The Bertz CT molecular complexity index is 279. The summed E-state index contributed by atoms with van der Waals surface area (Å²) in [5.74, 6) is -1.02. The molecule has 0 heterocycles. The highest BCUT2D eigenvalue weighted by Gasteiger charge is 2.26. The summed E-state index contributed by atoms with van der Waals surface area (Å²) in [5, 5.41) is 11.8. The predicted octanol–water partition coefficient (Wildman–Crippen LogP) is 1.47. The highest BCUT2D eigenvalue weighted by Crippen LogP contribution is 2.06. The number of carbonyl (C=O) groups is 2. The van der Waals surface area contributed by atoms with Crippen LogP contribution in [0.15, 0.2) is 0 Å². The molecule has 0 aliphatic carbocycles. The number of hydrogen-bond donors (Lipinski definition) is 2. The van der Waals surface area contributed by atoms with E-state index in [-0.39, 0.29) is 24.5 Å². The fourth-order valence-electron chi connectivity index (χ4n) is 1.94. The summed E-state index contributed by atoms with van der Waals surface area (Å²) < 4.78 is 0. The Morgan fingerprint density at radius 3 is 2.17 bits per heavy atom. The van der Waals surface area contributed by atoms with E-state index >= 15 is 0 Å². The van der Waals surface area contributed by atoms with Crippen molar-refractivity contribution in [3.05, 3.63) is 0 Å². The third-order valence-corrected chi connectivity index (χ3v) is 2.97. The maximum Gasteiger partial charge on any atom is 0.317 e. The SMILES string of the molecule is CCCC(C)NC(=O)C(C)N(CC(=O)O)C(C)C. The highest BCUT2D eigenvalue weighted by molar-refractivity contribution is 5.82. The Morgan fingerprint density at radius 2 is 1.78 bits per heavy atom. The van der Waals surface area contributed by atoms with Crippen LogP contribution >= 0.6 is 0 Å². The molecule has 0 aliphatic heterocycles. The molecule has 0 rings (SSSR count). The van der Waals surface area contributed by atoms with Gasteiger partial charge < -0.3 is 10.4 Å². The Balaban J connectivity index is 4.51. The van der Waals surface area contributed by atoms with Gasteiger partial charge in [0, 0.05) is 12.1 Å². The van der Waals surface area contributed by atoms with Crippen LogP contribution < -0.4 is 5.32 Å². The molecule has 5 nitrogen and oxygen atoms in total. The molecule has 2 atom stereocenters. The van der Waals surface area contributed by atoms with Crippen molar-refractivity contribution in [1.82, 2.24) is 10.2 Å². The highest BCUT2D eigenvalue weighted by atomic mass is 16.4. The molecule has 5 heteroatoms. The Hall–Kier alpha value is -1.10. The molecule has 0 fully saturated rings. The van der Waals surface area contributed by atoms with Crippen LogP contribution in [0.4, 0.5) is 0 Å². The Kier molecular flexibility index (Phi) is 7.59. The van der Waals surface area contributed by atoms with Crippen molar-refractivity contribution < 1.29 is 14.7 Å². The van der Waals surface area contributed by atoms with Gasteiger partial charge in [-0.15, -0.1) is 0 Å². The maximum absolute atomic E-state index is 12.0. The van der Waals surface area contributed by atoms with E-state index in [1.807, 2.05) is 20.8 Å². The molecule has 0 bridgehead atoms. The average Bonchev–Trinajstić information content (AvgIpc) is 2.24. The molecule has 0 aromatic carbocycles. The molecular formula is C13H26N2O3. The van der Waals surface area contributed by atoms with Crippen LogP contribution in [0.3, 0.4) is 0 Å². The number of hydrogen-bond acceptors (Lipinski definition) is 3. The van der Waals surface area contributed by atoms with E-state index in [9.17, 15) is 9.59 Å². The number of aliphatic carboxylic acids is 1. The van der Waals surface area contributed by atoms with Crippen LogP contribution in [0.5, 0.6) is 0 Å². The van der Waals surface area contributed by atoms with Crippen molar-refractivity contribution in [1.29, 1.82) is 0 Å². The lowest BCUT2D eigenvalue weighted by atomic mass is 10.1. The van der Waals surface area contributed by atoms with E-state index in [1.54, 1.807) is 11.8 Å². The topological polar surface area (TPSA) is 69.6 Å². The van der Waals surface area contributed by atoms with Crippen LogP contribution in [-0.2, 0) is 9.59 Å². The minimum Gasteiger partial charge on any atom is -0.480 e. The first-order chi connectivity index (χ1) is 8.29. The van der Waals surface area contributed by atoms with Gasteiger partial charge in [0.15, 0.2) is 0 Å². The fourth-order valence-corrected chi connectivity index (χ4v) is 1.94. The first-order valence-corrected chi connectivity index (χ1v) is 6.57. The molecular weight excluding hydrogens is 232 g/mol. The lowest BCUT2D eigenvalue weighted by Crippen LogP contribution is -2.51. The minimum atomic E-state index is -0.912. The first-order valence-electron chi connectivity index (χ1n) is 6.57. The summed E-state index contributed by atoms with van der Waals surface area (Å²) in [6, 6.07) is -0.285. The van der Waals surface area contributed by atoms with Crippen LogP contribution in [-0.4, -0.2) is 46.6 Å². The van der Waals surface area contributed by atoms with Gasteiger partial charge in [-0.2, -0.15) is 0 Å². The number of amides is 1. The van der Waals surface area contributed by atoms with Gasteiger partial charge in [0.1, 0.15) is 0 Å². The van der Waals surface area contributed by atoms with Crippen LogP contribution in [0.2, 0.25) is 0 Å². The molecule has 0 aromatic heterocycles. The van der Waals surface area contributed by atoms with Gasteiger partial charge in [-0.1, -0.05) is 13.3 Å². The number of rotatable bonds is 8. The third-order valence-electron chi connectivity index (χ3n) is 2.97. The first kappa shape index (κ1) is 16.9.